The first-order valence-electron chi connectivity index (χ1n) is 6.63. The van der Waals surface area contributed by atoms with Gasteiger partial charge in [0.2, 0.25) is 0 Å². The second-order valence-corrected chi connectivity index (χ2v) is 4.98. The van der Waals surface area contributed by atoms with Crippen LogP contribution in [-0.2, 0) is 12.8 Å². The van der Waals surface area contributed by atoms with Gasteiger partial charge in [-0.05, 0) is 48.1 Å². The molecule has 0 N–H and O–H groups in total. The summed E-state index contributed by atoms with van der Waals surface area (Å²) in [4.78, 5) is 10.8. The molecular formula is C16H15NO3. The molecule has 0 fully saturated rings. The third-order valence-electron chi connectivity index (χ3n) is 3.81. The summed E-state index contributed by atoms with van der Waals surface area (Å²) in [6, 6.07) is 11.0. The lowest BCUT2D eigenvalue weighted by Crippen LogP contribution is -1.94. The van der Waals surface area contributed by atoms with Crippen LogP contribution in [0.1, 0.15) is 17.5 Å². The first-order valence-corrected chi connectivity index (χ1v) is 6.63. The van der Waals surface area contributed by atoms with Crippen molar-refractivity contribution < 1.29 is 9.66 Å². The van der Waals surface area contributed by atoms with Gasteiger partial charge in [-0.1, -0.05) is 18.2 Å². The third kappa shape index (κ3) is 2.13. The SMILES string of the molecule is COc1ccc([N+](=O)[O-])c(-c2ccc3c(c2)CCC3)c1. The van der Waals surface area contributed by atoms with Crippen molar-refractivity contribution in [2.45, 2.75) is 19.3 Å². The first-order chi connectivity index (χ1) is 9.69. The highest BCUT2D eigenvalue weighted by Gasteiger charge is 2.18. The van der Waals surface area contributed by atoms with Crippen molar-refractivity contribution in [3.8, 4) is 16.9 Å². The van der Waals surface area contributed by atoms with Crippen LogP contribution in [0, 0.1) is 10.1 Å². The van der Waals surface area contributed by atoms with Crippen LogP contribution in [0.2, 0.25) is 0 Å². The number of benzene rings is 2. The molecule has 0 bridgehead atoms. The predicted molar refractivity (Wildman–Crippen MR) is 77.1 cm³/mol. The molecule has 3 rings (SSSR count). The van der Waals surface area contributed by atoms with E-state index in [4.69, 9.17) is 4.74 Å². The van der Waals surface area contributed by atoms with Gasteiger partial charge in [0.1, 0.15) is 5.75 Å². The lowest BCUT2D eigenvalue weighted by Gasteiger charge is -2.08. The zero-order valence-corrected chi connectivity index (χ0v) is 11.3. The Morgan fingerprint density at radius 1 is 1.10 bits per heavy atom. The molecule has 0 unspecified atom stereocenters. The molecular weight excluding hydrogens is 254 g/mol. The van der Waals surface area contributed by atoms with E-state index in [1.807, 2.05) is 6.07 Å². The zero-order valence-electron chi connectivity index (χ0n) is 11.3. The highest BCUT2D eigenvalue weighted by atomic mass is 16.6. The third-order valence-corrected chi connectivity index (χ3v) is 3.81. The molecule has 4 heteroatoms. The van der Waals surface area contributed by atoms with Crippen LogP contribution in [-0.4, -0.2) is 12.0 Å². The Labute approximate surface area is 117 Å². The number of ether oxygens (including phenoxy) is 1. The molecule has 1 aliphatic rings. The minimum atomic E-state index is -0.345. The Bertz CT molecular complexity index is 679. The standard InChI is InChI=1S/C16H15NO3/c1-20-14-7-8-16(17(18)19)15(10-14)13-6-5-11-3-2-4-12(11)9-13/h5-10H,2-4H2,1H3. The molecule has 0 saturated heterocycles. The summed E-state index contributed by atoms with van der Waals surface area (Å²) in [5.74, 6) is 0.631. The fraction of sp³-hybridized carbons (Fsp3) is 0.250. The van der Waals surface area contributed by atoms with Gasteiger partial charge in [-0.15, -0.1) is 0 Å². The number of fused-ring (bicyclic) bond motifs is 1. The molecule has 0 radical (unpaired) electrons. The number of rotatable bonds is 3. The maximum absolute atomic E-state index is 11.2. The summed E-state index contributed by atoms with van der Waals surface area (Å²) in [7, 11) is 1.56. The molecule has 0 aromatic heterocycles. The van der Waals surface area contributed by atoms with Gasteiger partial charge in [0.25, 0.3) is 5.69 Å². The lowest BCUT2D eigenvalue weighted by molar-refractivity contribution is -0.384. The van der Waals surface area contributed by atoms with Crippen LogP contribution in [0.4, 0.5) is 5.69 Å². The quantitative estimate of drug-likeness (QED) is 0.629. The van der Waals surface area contributed by atoms with Crippen LogP contribution >= 0.6 is 0 Å². The maximum atomic E-state index is 11.2. The molecule has 2 aromatic carbocycles. The van der Waals surface area contributed by atoms with Gasteiger partial charge in [-0.2, -0.15) is 0 Å². The molecule has 20 heavy (non-hydrogen) atoms. The maximum Gasteiger partial charge on any atom is 0.277 e. The molecule has 0 amide bonds. The minimum Gasteiger partial charge on any atom is -0.497 e. The number of methoxy groups -OCH3 is 1. The van der Waals surface area contributed by atoms with Gasteiger partial charge in [0.15, 0.2) is 0 Å². The van der Waals surface area contributed by atoms with Crippen molar-refractivity contribution in [3.63, 3.8) is 0 Å². The van der Waals surface area contributed by atoms with Crippen molar-refractivity contribution >= 4 is 5.69 Å². The Morgan fingerprint density at radius 3 is 2.65 bits per heavy atom. The molecule has 1 aliphatic carbocycles. The molecule has 4 nitrogen and oxygen atoms in total. The summed E-state index contributed by atoms with van der Waals surface area (Å²) < 4.78 is 5.18. The molecule has 0 saturated carbocycles. The molecule has 0 spiro atoms. The van der Waals surface area contributed by atoms with Crippen LogP contribution in [0.15, 0.2) is 36.4 Å². The van der Waals surface area contributed by atoms with E-state index in [9.17, 15) is 10.1 Å². The van der Waals surface area contributed by atoms with Crippen LogP contribution in [0.3, 0.4) is 0 Å². The first kappa shape index (κ1) is 12.7. The van der Waals surface area contributed by atoms with Crippen molar-refractivity contribution in [1.29, 1.82) is 0 Å². The number of nitrogens with zero attached hydrogens (tertiary/aromatic N) is 1. The summed E-state index contributed by atoms with van der Waals surface area (Å²) in [5.41, 5.74) is 4.28. The molecule has 0 atom stereocenters. The van der Waals surface area contributed by atoms with Crippen molar-refractivity contribution in [2.75, 3.05) is 7.11 Å². The Balaban J connectivity index is 2.14. The molecule has 0 heterocycles. The van der Waals surface area contributed by atoms with E-state index in [0.29, 0.717) is 11.3 Å². The number of hydrogen-bond donors (Lipinski definition) is 0. The second-order valence-electron chi connectivity index (χ2n) is 4.98. The zero-order chi connectivity index (χ0) is 14.1. The van der Waals surface area contributed by atoms with Crippen molar-refractivity contribution in [3.05, 3.63) is 57.6 Å². The summed E-state index contributed by atoms with van der Waals surface area (Å²) in [6.45, 7) is 0. The number of aryl methyl sites for hydroxylation is 2. The van der Waals surface area contributed by atoms with Gasteiger partial charge in [0.05, 0.1) is 17.6 Å². The summed E-state index contributed by atoms with van der Waals surface area (Å²) in [5, 5.41) is 11.2. The van der Waals surface area contributed by atoms with E-state index in [1.54, 1.807) is 19.2 Å². The van der Waals surface area contributed by atoms with E-state index >= 15 is 0 Å². The topological polar surface area (TPSA) is 52.4 Å². The second kappa shape index (κ2) is 4.96. The van der Waals surface area contributed by atoms with Crippen LogP contribution < -0.4 is 4.74 Å². The lowest BCUT2D eigenvalue weighted by atomic mass is 9.99. The smallest absolute Gasteiger partial charge is 0.277 e. The largest absolute Gasteiger partial charge is 0.497 e. The highest BCUT2D eigenvalue weighted by Crippen LogP contribution is 2.35. The van der Waals surface area contributed by atoms with Gasteiger partial charge in [0, 0.05) is 6.07 Å². The van der Waals surface area contributed by atoms with Crippen molar-refractivity contribution in [2.24, 2.45) is 0 Å². The van der Waals surface area contributed by atoms with Crippen molar-refractivity contribution in [1.82, 2.24) is 0 Å². The van der Waals surface area contributed by atoms with E-state index in [1.165, 1.54) is 23.6 Å². The Morgan fingerprint density at radius 2 is 1.90 bits per heavy atom. The average molecular weight is 269 g/mol. The number of hydrogen-bond acceptors (Lipinski definition) is 3. The highest BCUT2D eigenvalue weighted by molar-refractivity contribution is 5.76. The normalized spacial score (nSPS) is 13.1. The van der Waals surface area contributed by atoms with Gasteiger partial charge in [-0.25, -0.2) is 0 Å². The van der Waals surface area contributed by atoms with Gasteiger partial charge in [-0.3, -0.25) is 10.1 Å². The van der Waals surface area contributed by atoms with Crippen LogP contribution in [0.25, 0.3) is 11.1 Å². The summed E-state index contributed by atoms with van der Waals surface area (Å²) in [6.07, 6.45) is 3.33. The summed E-state index contributed by atoms with van der Waals surface area (Å²) >= 11 is 0. The average Bonchev–Trinajstić information content (AvgIpc) is 2.93. The van der Waals surface area contributed by atoms with E-state index in [-0.39, 0.29) is 10.6 Å². The number of nitro groups is 1. The molecule has 2 aromatic rings. The Kier molecular flexibility index (Phi) is 3.14. The minimum absolute atomic E-state index is 0.115. The monoisotopic (exact) mass is 269 g/mol. The van der Waals surface area contributed by atoms with E-state index < -0.39 is 0 Å². The van der Waals surface area contributed by atoms with E-state index in [0.717, 1.165) is 18.4 Å². The van der Waals surface area contributed by atoms with E-state index in [2.05, 4.69) is 12.1 Å². The fourth-order valence-corrected chi connectivity index (χ4v) is 2.77. The molecule has 102 valence electrons. The van der Waals surface area contributed by atoms with Gasteiger partial charge >= 0.3 is 0 Å². The number of nitro benzene ring substituents is 1. The van der Waals surface area contributed by atoms with Gasteiger partial charge < -0.3 is 4.74 Å². The van der Waals surface area contributed by atoms with Crippen LogP contribution in [0.5, 0.6) is 5.75 Å². The predicted octanol–water partition coefficient (Wildman–Crippen LogP) is 3.76. The Hall–Kier alpha value is -2.36. The fourth-order valence-electron chi connectivity index (χ4n) is 2.77. The molecule has 0 aliphatic heterocycles.